The van der Waals surface area contributed by atoms with Crippen molar-refractivity contribution in [2.45, 2.75) is 0 Å². The number of methoxy groups -OCH3 is 1. The first kappa shape index (κ1) is 21.6. The number of rotatable bonds is 6. The summed E-state index contributed by atoms with van der Waals surface area (Å²) in [6.45, 7) is 0. The summed E-state index contributed by atoms with van der Waals surface area (Å²) in [5, 5.41) is 16.9. The number of ether oxygens (including phenoxy) is 1. The predicted octanol–water partition coefficient (Wildman–Crippen LogP) is 5.50. The van der Waals surface area contributed by atoms with Gasteiger partial charge in [-0.2, -0.15) is 10.1 Å². The molecule has 9 nitrogen and oxygen atoms in total. The molecule has 0 aliphatic carbocycles. The SMILES string of the molecule is COc1ccc2nc(N(/N=C/c3ccc([N+](=O)[O-])cc3)C(=O)c3ccc4ncsc4c3)sc2c1. The van der Waals surface area contributed by atoms with Gasteiger partial charge in [-0.1, -0.05) is 11.3 Å². The molecule has 0 radical (unpaired) electrons. The highest BCUT2D eigenvalue weighted by Gasteiger charge is 2.22. The lowest BCUT2D eigenvalue weighted by Crippen LogP contribution is -2.25. The number of hydrogen-bond acceptors (Lipinski definition) is 9. The number of nitro groups is 1. The molecule has 11 heteroatoms. The molecule has 0 saturated heterocycles. The van der Waals surface area contributed by atoms with Crippen LogP contribution in [0.3, 0.4) is 0 Å². The van der Waals surface area contributed by atoms with Crippen LogP contribution in [0.1, 0.15) is 15.9 Å². The monoisotopic (exact) mass is 489 g/mol. The molecule has 5 rings (SSSR count). The second-order valence-electron chi connectivity index (χ2n) is 7.08. The zero-order valence-electron chi connectivity index (χ0n) is 17.6. The van der Waals surface area contributed by atoms with E-state index in [1.165, 1.54) is 46.0 Å². The number of carbonyl (C=O) groups excluding carboxylic acids is 1. The minimum absolute atomic E-state index is 0.0249. The van der Waals surface area contributed by atoms with Gasteiger partial charge in [0.2, 0.25) is 5.13 Å². The van der Waals surface area contributed by atoms with Gasteiger partial charge in [0, 0.05) is 17.7 Å². The van der Waals surface area contributed by atoms with Crippen LogP contribution in [0.5, 0.6) is 5.75 Å². The Balaban J connectivity index is 1.55. The van der Waals surface area contributed by atoms with Gasteiger partial charge in [0.15, 0.2) is 0 Å². The van der Waals surface area contributed by atoms with Crippen LogP contribution in [0.4, 0.5) is 10.8 Å². The van der Waals surface area contributed by atoms with Gasteiger partial charge in [-0.05, 0) is 54.1 Å². The number of aromatic nitrogens is 2. The van der Waals surface area contributed by atoms with Gasteiger partial charge in [0.1, 0.15) is 5.75 Å². The number of anilines is 1. The van der Waals surface area contributed by atoms with Crippen molar-refractivity contribution in [3.8, 4) is 5.75 Å². The van der Waals surface area contributed by atoms with E-state index in [1.807, 2.05) is 12.1 Å². The molecule has 168 valence electrons. The lowest BCUT2D eigenvalue weighted by molar-refractivity contribution is -0.384. The quantitative estimate of drug-likeness (QED) is 0.177. The van der Waals surface area contributed by atoms with Crippen molar-refractivity contribution in [1.29, 1.82) is 0 Å². The van der Waals surface area contributed by atoms with Gasteiger partial charge < -0.3 is 4.74 Å². The first-order valence-electron chi connectivity index (χ1n) is 9.92. The van der Waals surface area contributed by atoms with Crippen molar-refractivity contribution in [3.63, 3.8) is 0 Å². The highest BCUT2D eigenvalue weighted by molar-refractivity contribution is 7.22. The third-order valence-corrected chi connectivity index (χ3v) is 6.75. The zero-order valence-corrected chi connectivity index (χ0v) is 19.2. The third kappa shape index (κ3) is 4.21. The maximum atomic E-state index is 13.5. The number of non-ortho nitro benzene ring substituents is 1. The van der Waals surface area contributed by atoms with Crippen molar-refractivity contribution in [2.75, 3.05) is 12.1 Å². The third-order valence-electron chi connectivity index (χ3n) is 4.96. The molecule has 0 saturated carbocycles. The van der Waals surface area contributed by atoms with Gasteiger partial charge in [0.25, 0.3) is 11.6 Å². The van der Waals surface area contributed by atoms with Crippen LogP contribution < -0.4 is 9.75 Å². The first-order valence-corrected chi connectivity index (χ1v) is 11.6. The lowest BCUT2D eigenvalue weighted by Gasteiger charge is -2.14. The molecular weight excluding hydrogens is 474 g/mol. The Morgan fingerprint density at radius 1 is 1.09 bits per heavy atom. The summed E-state index contributed by atoms with van der Waals surface area (Å²) in [5.41, 5.74) is 4.27. The second-order valence-corrected chi connectivity index (χ2v) is 8.97. The average molecular weight is 490 g/mol. The predicted molar refractivity (Wildman–Crippen MR) is 133 cm³/mol. The van der Waals surface area contributed by atoms with Gasteiger partial charge in [0.05, 0.1) is 44.2 Å². The van der Waals surface area contributed by atoms with E-state index >= 15 is 0 Å². The number of thiazole rings is 2. The van der Waals surface area contributed by atoms with Gasteiger partial charge in [-0.25, -0.2) is 9.97 Å². The molecule has 0 N–H and O–H groups in total. The van der Waals surface area contributed by atoms with E-state index < -0.39 is 4.92 Å². The summed E-state index contributed by atoms with van der Waals surface area (Å²) >= 11 is 2.75. The first-order chi connectivity index (χ1) is 16.5. The number of hydrogen-bond donors (Lipinski definition) is 0. The summed E-state index contributed by atoms with van der Waals surface area (Å²) in [6, 6.07) is 16.6. The number of fused-ring (bicyclic) bond motifs is 2. The highest BCUT2D eigenvalue weighted by Crippen LogP contribution is 2.33. The molecule has 2 aromatic heterocycles. The minimum atomic E-state index is -0.471. The van der Waals surface area contributed by atoms with Crippen LogP contribution in [0.15, 0.2) is 71.3 Å². The van der Waals surface area contributed by atoms with Crippen molar-refractivity contribution >= 4 is 66.0 Å². The van der Waals surface area contributed by atoms with Crippen molar-refractivity contribution in [1.82, 2.24) is 9.97 Å². The van der Waals surface area contributed by atoms with E-state index in [9.17, 15) is 14.9 Å². The fraction of sp³-hybridized carbons (Fsp3) is 0.0435. The summed E-state index contributed by atoms with van der Waals surface area (Å²) in [5.74, 6) is 0.324. The molecule has 2 heterocycles. The molecule has 0 fully saturated rings. The Morgan fingerprint density at radius 3 is 2.65 bits per heavy atom. The molecule has 0 spiro atoms. The van der Waals surface area contributed by atoms with Crippen LogP contribution in [0.2, 0.25) is 0 Å². The highest BCUT2D eigenvalue weighted by atomic mass is 32.1. The van der Waals surface area contributed by atoms with Crippen molar-refractivity contribution in [3.05, 3.63) is 87.4 Å². The van der Waals surface area contributed by atoms with Crippen LogP contribution in [-0.2, 0) is 0 Å². The molecule has 0 bridgehead atoms. The number of benzene rings is 3. The summed E-state index contributed by atoms with van der Waals surface area (Å²) < 4.78 is 7.02. The number of nitrogens with zero attached hydrogens (tertiary/aromatic N) is 5. The van der Waals surface area contributed by atoms with Crippen LogP contribution in [-0.4, -0.2) is 34.1 Å². The maximum absolute atomic E-state index is 13.5. The van der Waals surface area contributed by atoms with E-state index in [-0.39, 0.29) is 11.6 Å². The Bertz CT molecular complexity index is 1560. The standard InChI is InChI=1S/C23H15N5O4S2/c1-32-17-7-9-19-21(11-17)34-23(26-19)27(25-12-14-2-5-16(6-3-14)28(30)31)22(29)15-4-8-18-20(10-15)33-13-24-18/h2-13H,1H3/b25-12+. The fourth-order valence-corrected chi connectivity index (χ4v) is 4.88. The molecular formula is C23H15N5O4S2. The Morgan fingerprint density at radius 2 is 1.88 bits per heavy atom. The van der Waals surface area contributed by atoms with E-state index in [2.05, 4.69) is 15.1 Å². The molecule has 3 aromatic carbocycles. The molecule has 0 atom stereocenters. The average Bonchev–Trinajstić information content (AvgIpc) is 3.50. The summed E-state index contributed by atoms with van der Waals surface area (Å²) in [6.07, 6.45) is 1.47. The normalized spacial score (nSPS) is 11.3. The number of carbonyl (C=O) groups is 1. The smallest absolute Gasteiger partial charge is 0.280 e. The summed E-state index contributed by atoms with van der Waals surface area (Å²) in [4.78, 5) is 32.8. The fourth-order valence-electron chi connectivity index (χ4n) is 3.22. The molecule has 0 aliphatic rings. The Labute approximate surface area is 200 Å². The van der Waals surface area contributed by atoms with Crippen molar-refractivity contribution in [2.24, 2.45) is 5.10 Å². The number of amides is 1. The molecule has 34 heavy (non-hydrogen) atoms. The second kappa shape index (κ2) is 8.96. The van der Waals surface area contributed by atoms with Gasteiger partial charge in [-0.3, -0.25) is 14.9 Å². The summed E-state index contributed by atoms with van der Waals surface area (Å²) in [7, 11) is 1.59. The Hall–Kier alpha value is -4.22. The number of nitro benzene ring substituents is 1. The molecule has 0 unspecified atom stereocenters. The topological polar surface area (TPSA) is 111 Å². The minimum Gasteiger partial charge on any atom is -0.497 e. The molecule has 5 aromatic rings. The van der Waals surface area contributed by atoms with E-state index in [4.69, 9.17) is 4.74 Å². The van der Waals surface area contributed by atoms with Crippen LogP contribution in [0, 0.1) is 10.1 Å². The number of hydrazone groups is 1. The van der Waals surface area contributed by atoms with Crippen LogP contribution >= 0.6 is 22.7 Å². The van der Waals surface area contributed by atoms with E-state index in [0.717, 1.165) is 14.9 Å². The van der Waals surface area contributed by atoms with Gasteiger partial charge >= 0.3 is 0 Å². The Kier molecular flexibility index (Phi) is 5.70. The molecule has 0 aliphatic heterocycles. The van der Waals surface area contributed by atoms with Crippen LogP contribution in [0.25, 0.3) is 20.4 Å². The van der Waals surface area contributed by atoms with E-state index in [1.54, 1.807) is 49.0 Å². The lowest BCUT2D eigenvalue weighted by atomic mass is 10.2. The maximum Gasteiger partial charge on any atom is 0.280 e. The zero-order chi connectivity index (χ0) is 23.7. The van der Waals surface area contributed by atoms with E-state index in [0.29, 0.717) is 27.5 Å². The largest absolute Gasteiger partial charge is 0.497 e. The van der Waals surface area contributed by atoms with Crippen molar-refractivity contribution < 1.29 is 14.5 Å². The molecule has 1 amide bonds. The van der Waals surface area contributed by atoms with Gasteiger partial charge in [-0.15, -0.1) is 11.3 Å².